The minimum absolute atomic E-state index is 0.0572. The van der Waals surface area contributed by atoms with Crippen LogP contribution in [0.1, 0.15) is 53.4 Å². The van der Waals surface area contributed by atoms with Crippen molar-refractivity contribution in [3.8, 4) is 0 Å². The molecule has 4 rings (SSSR count). The highest BCUT2D eigenvalue weighted by Crippen LogP contribution is 2.33. The second-order valence-electron chi connectivity index (χ2n) is 11.8. The monoisotopic (exact) mass is 671 g/mol. The molecule has 47 heavy (non-hydrogen) atoms. The van der Waals surface area contributed by atoms with Gasteiger partial charge in [-0.05, 0) is 76.7 Å². The van der Waals surface area contributed by atoms with Gasteiger partial charge in [0.1, 0.15) is 5.82 Å². The van der Waals surface area contributed by atoms with Crippen molar-refractivity contribution in [2.45, 2.75) is 50.3 Å². The first-order valence-electron chi connectivity index (χ1n) is 14.4. The predicted molar refractivity (Wildman–Crippen MR) is 167 cm³/mol. The Hall–Kier alpha value is -4.59. The number of nitrogens with zero attached hydrogens (tertiary/aromatic N) is 2. The van der Waals surface area contributed by atoms with Crippen LogP contribution in [0, 0.1) is 5.82 Å². The number of carbonyl (C=O) groups is 2. The van der Waals surface area contributed by atoms with Gasteiger partial charge in [0.2, 0.25) is 15.9 Å². The average molecular weight is 672 g/mol. The number of anilines is 1. The molecule has 13 heteroatoms. The van der Waals surface area contributed by atoms with E-state index < -0.39 is 57.4 Å². The van der Waals surface area contributed by atoms with Gasteiger partial charge in [0.15, 0.2) is 0 Å². The molecule has 0 bridgehead atoms. The summed E-state index contributed by atoms with van der Waals surface area (Å²) in [5, 5.41) is 8.99. The molecule has 2 amide bonds. The van der Waals surface area contributed by atoms with E-state index in [-0.39, 0.29) is 28.8 Å². The van der Waals surface area contributed by atoms with Crippen LogP contribution in [0.2, 0.25) is 0 Å². The fourth-order valence-corrected chi connectivity index (χ4v) is 6.18. The second kappa shape index (κ2) is 14.0. The minimum atomic E-state index is -4.81. The van der Waals surface area contributed by atoms with Crippen LogP contribution >= 0.6 is 0 Å². The first-order valence-corrected chi connectivity index (χ1v) is 15.8. The Balaban J connectivity index is 1.77. The van der Waals surface area contributed by atoms with E-state index in [1.807, 2.05) is 32.9 Å². The summed E-state index contributed by atoms with van der Waals surface area (Å²) >= 11 is 0. The molecule has 0 heterocycles. The molecule has 8 nitrogen and oxygen atoms in total. The normalized spacial score (nSPS) is 12.2. The van der Waals surface area contributed by atoms with Gasteiger partial charge in [0.25, 0.3) is 5.91 Å². The number of hydrogen-bond donors (Lipinski definition) is 2. The zero-order chi connectivity index (χ0) is 34.6. The summed E-state index contributed by atoms with van der Waals surface area (Å²) in [5.74, 6) is -2.32. The Morgan fingerprint density at radius 1 is 0.809 bits per heavy atom. The summed E-state index contributed by atoms with van der Waals surface area (Å²) in [5.41, 5.74) is 1.92. The van der Waals surface area contributed by atoms with Crippen LogP contribution in [0.5, 0.6) is 0 Å². The van der Waals surface area contributed by atoms with Gasteiger partial charge in [-0.3, -0.25) is 14.8 Å². The summed E-state index contributed by atoms with van der Waals surface area (Å²) in [6.45, 7) is 4.35. The van der Waals surface area contributed by atoms with Crippen LogP contribution < -0.4 is 10.4 Å². The maximum absolute atomic E-state index is 14.1. The van der Waals surface area contributed by atoms with Gasteiger partial charge in [0, 0.05) is 17.8 Å². The fourth-order valence-electron chi connectivity index (χ4n) is 4.82. The van der Waals surface area contributed by atoms with Gasteiger partial charge in [-0.25, -0.2) is 18.3 Å². The molecule has 0 saturated carbocycles. The highest BCUT2D eigenvalue weighted by molar-refractivity contribution is 7.89. The van der Waals surface area contributed by atoms with Crippen molar-refractivity contribution in [3.63, 3.8) is 0 Å². The summed E-state index contributed by atoms with van der Waals surface area (Å²) in [7, 11) is -4.63. The molecule has 4 aromatic carbocycles. The van der Waals surface area contributed by atoms with Gasteiger partial charge in [-0.2, -0.15) is 17.5 Å². The molecule has 0 unspecified atom stereocenters. The van der Waals surface area contributed by atoms with Crippen molar-refractivity contribution in [2.24, 2.45) is 0 Å². The molecule has 0 radical (unpaired) electrons. The molecule has 0 aliphatic heterocycles. The third kappa shape index (κ3) is 8.61. The first-order chi connectivity index (χ1) is 22.0. The maximum Gasteiger partial charge on any atom is 0.416 e. The Morgan fingerprint density at radius 2 is 1.40 bits per heavy atom. The van der Waals surface area contributed by atoms with Gasteiger partial charge >= 0.3 is 6.18 Å². The molecule has 0 saturated heterocycles. The highest BCUT2D eigenvalue weighted by Gasteiger charge is 2.36. The van der Waals surface area contributed by atoms with Crippen LogP contribution in [0.25, 0.3) is 0 Å². The Bertz CT molecular complexity index is 1820. The number of hydroxylamine groups is 1. The van der Waals surface area contributed by atoms with Crippen molar-refractivity contribution < 1.29 is 40.8 Å². The number of hydrogen-bond acceptors (Lipinski definition) is 5. The summed E-state index contributed by atoms with van der Waals surface area (Å²) in [6, 6.07) is 21.1. The summed E-state index contributed by atoms with van der Waals surface area (Å²) in [6.07, 6.45) is -4.81. The SMILES string of the molecule is CC(C)(C)c1ccc(CN(C(=O)CN(Cc2ccccc2C(F)(F)F)S(=O)(=O)c2ccc(F)cc2)c2ccc(C(=O)NO)cc2)cc1. The number of rotatable bonds is 10. The van der Waals surface area contributed by atoms with Crippen LogP contribution in [0.4, 0.5) is 23.2 Å². The van der Waals surface area contributed by atoms with Crippen molar-refractivity contribution >= 4 is 27.5 Å². The largest absolute Gasteiger partial charge is 0.416 e. The molecule has 0 aromatic heterocycles. The number of alkyl halides is 3. The van der Waals surface area contributed by atoms with Crippen LogP contribution in [-0.4, -0.2) is 36.3 Å². The Morgan fingerprint density at radius 3 is 1.96 bits per heavy atom. The fraction of sp³-hybridized carbons (Fsp3) is 0.235. The first kappa shape index (κ1) is 35.3. The van der Waals surface area contributed by atoms with Gasteiger partial charge in [0.05, 0.1) is 23.5 Å². The van der Waals surface area contributed by atoms with E-state index in [0.717, 1.165) is 42.0 Å². The number of carbonyl (C=O) groups excluding carboxylic acids is 2. The molecule has 0 spiro atoms. The Kier molecular flexibility index (Phi) is 10.5. The zero-order valence-electron chi connectivity index (χ0n) is 25.8. The van der Waals surface area contributed by atoms with Gasteiger partial charge in [-0.15, -0.1) is 0 Å². The second-order valence-corrected chi connectivity index (χ2v) is 13.7. The van der Waals surface area contributed by atoms with E-state index in [2.05, 4.69) is 0 Å². The average Bonchev–Trinajstić information content (AvgIpc) is 3.02. The molecule has 0 aliphatic carbocycles. The number of halogens is 4. The lowest BCUT2D eigenvalue weighted by atomic mass is 9.87. The van der Waals surface area contributed by atoms with E-state index in [1.165, 1.54) is 46.8 Å². The number of amides is 2. The molecular weight excluding hydrogens is 638 g/mol. The highest BCUT2D eigenvalue weighted by atomic mass is 32.2. The van der Waals surface area contributed by atoms with E-state index in [0.29, 0.717) is 9.87 Å². The van der Waals surface area contributed by atoms with E-state index >= 15 is 0 Å². The van der Waals surface area contributed by atoms with Crippen molar-refractivity contribution in [3.05, 3.63) is 131 Å². The van der Waals surface area contributed by atoms with Gasteiger partial charge < -0.3 is 4.90 Å². The van der Waals surface area contributed by atoms with Crippen molar-refractivity contribution in [1.82, 2.24) is 9.79 Å². The maximum atomic E-state index is 14.1. The molecule has 0 aliphatic rings. The molecule has 2 N–H and O–H groups in total. The standard InChI is InChI=1S/C34H33F4N3O5S/c1-33(2,3)26-12-8-23(9-13-26)20-41(28-16-10-24(11-17-28)32(43)39-44)31(42)22-40(47(45,46)29-18-14-27(35)15-19-29)21-25-6-4-5-7-30(25)34(36,37)38/h4-19,44H,20-22H2,1-3H3,(H,39,43). The topological polar surface area (TPSA) is 107 Å². The lowest BCUT2D eigenvalue weighted by Gasteiger charge is -2.28. The number of benzene rings is 4. The van der Waals surface area contributed by atoms with Crippen molar-refractivity contribution in [1.29, 1.82) is 0 Å². The minimum Gasteiger partial charge on any atom is -0.307 e. The number of sulfonamides is 1. The molecule has 0 atom stereocenters. The van der Waals surface area contributed by atoms with E-state index in [1.54, 1.807) is 12.1 Å². The molecular formula is C34H33F4N3O5S. The molecule has 248 valence electrons. The number of nitrogens with one attached hydrogen (secondary N) is 1. The van der Waals surface area contributed by atoms with Crippen LogP contribution in [0.15, 0.2) is 102 Å². The lowest BCUT2D eigenvalue weighted by Crippen LogP contribution is -2.42. The zero-order valence-corrected chi connectivity index (χ0v) is 26.6. The van der Waals surface area contributed by atoms with Crippen LogP contribution in [0.3, 0.4) is 0 Å². The summed E-state index contributed by atoms with van der Waals surface area (Å²) in [4.78, 5) is 26.8. The third-order valence-corrected chi connectivity index (χ3v) is 9.24. The van der Waals surface area contributed by atoms with Crippen LogP contribution in [-0.2, 0) is 39.5 Å². The van der Waals surface area contributed by atoms with E-state index in [9.17, 15) is 35.6 Å². The quantitative estimate of drug-likeness (QED) is 0.111. The smallest absolute Gasteiger partial charge is 0.307 e. The third-order valence-electron chi connectivity index (χ3n) is 7.44. The lowest BCUT2D eigenvalue weighted by molar-refractivity contribution is -0.138. The Labute approximate surface area is 270 Å². The predicted octanol–water partition coefficient (Wildman–Crippen LogP) is 6.69. The molecule has 4 aromatic rings. The van der Waals surface area contributed by atoms with E-state index in [4.69, 9.17) is 5.21 Å². The molecule has 0 fully saturated rings. The summed E-state index contributed by atoms with van der Waals surface area (Å²) < 4.78 is 83.7. The van der Waals surface area contributed by atoms with Gasteiger partial charge in [-0.1, -0.05) is 63.2 Å². The van der Waals surface area contributed by atoms with Crippen molar-refractivity contribution in [2.75, 3.05) is 11.4 Å².